The third-order valence-electron chi connectivity index (χ3n) is 2.61. The van der Waals surface area contributed by atoms with Crippen molar-refractivity contribution in [3.8, 4) is 0 Å². The van der Waals surface area contributed by atoms with E-state index < -0.39 is 5.97 Å². The minimum atomic E-state index is -1.20. The number of carboxylic acids is 1. The highest BCUT2D eigenvalue weighted by atomic mass is 32.1. The lowest BCUT2D eigenvalue weighted by atomic mass is 10.1. The van der Waals surface area contributed by atoms with E-state index in [-0.39, 0.29) is 11.2 Å². The second-order valence-corrected chi connectivity index (χ2v) is 5.74. The SMILES string of the molecule is CC[NH+](Cc1nc(C(=O)[O-])cs1)C(C)(C)C. The lowest BCUT2D eigenvalue weighted by Crippen LogP contribution is -3.17. The fraction of sp³-hybridized carbons (Fsp3) is 0.636. The summed E-state index contributed by atoms with van der Waals surface area (Å²) in [7, 11) is 0. The van der Waals surface area contributed by atoms with Gasteiger partial charge in [-0.3, -0.25) is 0 Å². The molecule has 4 nitrogen and oxygen atoms in total. The molecule has 0 aliphatic carbocycles. The normalized spacial score (nSPS) is 13.8. The van der Waals surface area contributed by atoms with E-state index in [1.54, 1.807) is 5.38 Å². The quantitative estimate of drug-likeness (QED) is 0.789. The van der Waals surface area contributed by atoms with Crippen molar-refractivity contribution >= 4 is 17.3 Å². The molecule has 1 unspecified atom stereocenters. The van der Waals surface area contributed by atoms with Gasteiger partial charge in [-0.1, -0.05) is 0 Å². The van der Waals surface area contributed by atoms with Crippen molar-refractivity contribution in [3.05, 3.63) is 16.1 Å². The molecule has 0 aliphatic heterocycles. The summed E-state index contributed by atoms with van der Waals surface area (Å²) in [6, 6.07) is 0. The van der Waals surface area contributed by atoms with Crippen LogP contribution < -0.4 is 10.0 Å². The molecule has 0 fully saturated rings. The van der Waals surface area contributed by atoms with Crippen LogP contribution in [0, 0.1) is 0 Å². The van der Waals surface area contributed by atoms with Crippen molar-refractivity contribution in [2.75, 3.05) is 6.54 Å². The predicted octanol–water partition coefficient (Wildman–Crippen LogP) is -0.290. The van der Waals surface area contributed by atoms with E-state index in [1.165, 1.54) is 16.2 Å². The zero-order chi connectivity index (χ0) is 12.3. The van der Waals surface area contributed by atoms with Crippen LogP contribution in [0.2, 0.25) is 0 Å². The minimum Gasteiger partial charge on any atom is -0.543 e. The van der Waals surface area contributed by atoms with Gasteiger partial charge in [0.05, 0.1) is 23.7 Å². The Hall–Kier alpha value is -0.940. The van der Waals surface area contributed by atoms with Crippen LogP contribution in [0.25, 0.3) is 0 Å². The average molecular weight is 242 g/mol. The van der Waals surface area contributed by atoms with Gasteiger partial charge in [-0.05, 0) is 27.7 Å². The van der Waals surface area contributed by atoms with Gasteiger partial charge in [-0.15, -0.1) is 11.3 Å². The summed E-state index contributed by atoms with van der Waals surface area (Å²) in [4.78, 5) is 16.0. The average Bonchev–Trinajstić information content (AvgIpc) is 2.60. The number of carbonyl (C=O) groups is 1. The van der Waals surface area contributed by atoms with E-state index >= 15 is 0 Å². The lowest BCUT2D eigenvalue weighted by Gasteiger charge is -2.30. The second kappa shape index (κ2) is 4.93. The van der Waals surface area contributed by atoms with Gasteiger partial charge in [-0.25, -0.2) is 4.98 Å². The summed E-state index contributed by atoms with van der Waals surface area (Å²) < 4.78 is 0. The molecule has 16 heavy (non-hydrogen) atoms. The summed E-state index contributed by atoms with van der Waals surface area (Å²) in [6.45, 7) is 10.4. The monoisotopic (exact) mass is 242 g/mol. The van der Waals surface area contributed by atoms with Gasteiger partial charge in [0, 0.05) is 5.38 Å². The van der Waals surface area contributed by atoms with Crippen molar-refractivity contribution in [2.24, 2.45) is 0 Å². The standard InChI is InChI=1S/C11H18N2O2S/c1-5-13(11(2,3)4)6-9-12-8(7-16-9)10(14)15/h7H,5-6H2,1-4H3,(H,14,15). The Kier molecular flexibility index (Phi) is 4.04. The number of aromatic nitrogens is 1. The van der Waals surface area contributed by atoms with Crippen LogP contribution in [0.3, 0.4) is 0 Å². The van der Waals surface area contributed by atoms with Gasteiger partial charge < -0.3 is 14.8 Å². The molecule has 0 radical (unpaired) electrons. The van der Waals surface area contributed by atoms with Gasteiger partial charge in [-0.2, -0.15) is 0 Å². The first-order valence-corrected chi connectivity index (χ1v) is 6.23. The molecule has 1 rings (SSSR count). The Balaban J connectivity index is 2.75. The van der Waals surface area contributed by atoms with Crippen molar-refractivity contribution in [3.63, 3.8) is 0 Å². The van der Waals surface area contributed by atoms with Gasteiger partial charge in [0.15, 0.2) is 0 Å². The zero-order valence-electron chi connectivity index (χ0n) is 10.2. The van der Waals surface area contributed by atoms with Crippen molar-refractivity contribution in [1.82, 2.24) is 4.98 Å². The van der Waals surface area contributed by atoms with E-state index in [9.17, 15) is 9.90 Å². The molecule has 1 heterocycles. The topological polar surface area (TPSA) is 57.5 Å². The maximum Gasteiger partial charge on any atom is 0.148 e. The van der Waals surface area contributed by atoms with Crippen LogP contribution in [-0.2, 0) is 6.54 Å². The number of rotatable bonds is 4. The maximum absolute atomic E-state index is 10.6. The highest BCUT2D eigenvalue weighted by molar-refractivity contribution is 7.09. The molecule has 90 valence electrons. The first-order valence-electron chi connectivity index (χ1n) is 5.35. The zero-order valence-corrected chi connectivity index (χ0v) is 11.0. The molecule has 1 aromatic heterocycles. The van der Waals surface area contributed by atoms with Crippen molar-refractivity contribution in [1.29, 1.82) is 0 Å². The second-order valence-electron chi connectivity index (χ2n) is 4.80. The number of hydrogen-bond donors (Lipinski definition) is 1. The third kappa shape index (κ3) is 3.28. The number of thiazole rings is 1. The molecule has 0 amide bonds. The first kappa shape index (κ1) is 13.1. The van der Waals surface area contributed by atoms with Gasteiger partial charge >= 0.3 is 0 Å². The number of nitrogens with zero attached hydrogens (tertiary/aromatic N) is 1. The van der Waals surface area contributed by atoms with Gasteiger partial charge in [0.25, 0.3) is 0 Å². The fourth-order valence-corrected chi connectivity index (χ4v) is 2.39. The van der Waals surface area contributed by atoms with Crippen LogP contribution in [0.15, 0.2) is 5.38 Å². The maximum atomic E-state index is 10.6. The molecule has 1 N–H and O–H groups in total. The highest BCUT2D eigenvalue weighted by Gasteiger charge is 2.24. The predicted molar refractivity (Wildman–Crippen MR) is 61.4 cm³/mol. The Morgan fingerprint density at radius 3 is 2.56 bits per heavy atom. The molecular formula is C11H18N2O2S. The van der Waals surface area contributed by atoms with Crippen LogP contribution in [-0.4, -0.2) is 23.0 Å². The van der Waals surface area contributed by atoms with Crippen molar-refractivity contribution in [2.45, 2.75) is 39.8 Å². The molecule has 0 aliphatic rings. The Morgan fingerprint density at radius 1 is 1.56 bits per heavy atom. The van der Waals surface area contributed by atoms with Crippen LogP contribution in [0.4, 0.5) is 0 Å². The number of carboxylic acid groups (broad SMARTS) is 1. The molecule has 0 saturated carbocycles. The largest absolute Gasteiger partial charge is 0.543 e. The summed E-state index contributed by atoms with van der Waals surface area (Å²) >= 11 is 1.38. The van der Waals surface area contributed by atoms with Crippen molar-refractivity contribution < 1.29 is 14.8 Å². The van der Waals surface area contributed by atoms with Crippen LogP contribution in [0.1, 0.15) is 43.2 Å². The van der Waals surface area contributed by atoms with Crippen LogP contribution >= 0.6 is 11.3 Å². The van der Waals surface area contributed by atoms with Crippen LogP contribution in [0.5, 0.6) is 0 Å². The Labute approximate surface area is 99.9 Å². The molecule has 0 spiro atoms. The number of carbonyl (C=O) groups excluding carboxylic acids is 1. The molecule has 0 saturated heterocycles. The van der Waals surface area contributed by atoms with E-state index in [2.05, 4.69) is 32.7 Å². The van der Waals surface area contributed by atoms with Gasteiger partial charge in [0.1, 0.15) is 11.6 Å². The van der Waals surface area contributed by atoms with Gasteiger partial charge in [0.2, 0.25) is 0 Å². The summed E-state index contributed by atoms with van der Waals surface area (Å²) in [6.07, 6.45) is 0. The van der Waals surface area contributed by atoms with E-state index in [4.69, 9.17) is 0 Å². The first-order chi connectivity index (χ1) is 7.34. The van der Waals surface area contributed by atoms with E-state index in [0.717, 1.165) is 18.1 Å². The molecule has 5 heteroatoms. The molecule has 1 aromatic rings. The third-order valence-corrected chi connectivity index (χ3v) is 3.46. The number of quaternary nitrogens is 1. The number of aromatic carboxylic acids is 1. The highest BCUT2D eigenvalue weighted by Crippen LogP contribution is 2.08. The number of nitrogens with one attached hydrogen (secondary N) is 1. The smallest absolute Gasteiger partial charge is 0.148 e. The minimum absolute atomic E-state index is 0.0457. The summed E-state index contributed by atoms with van der Waals surface area (Å²) in [5, 5.41) is 13.0. The van der Waals surface area contributed by atoms with E-state index in [0.29, 0.717) is 0 Å². The Morgan fingerprint density at radius 2 is 2.19 bits per heavy atom. The summed E-state index contributed by atoms with van der Waals surface area (Å²) in [5.74, 6) is -1.20. The lowest BCUT2D eigenvalue weighted by molar-refractivity contribution is -0.958. The fourth-order valence-electron chi connectivity index (χ4n) is 1.59. The Bertz CT molecular complexity index is 368. The number of hydrogen-bond acceptors (Lipinski definition) is 4. The van der Waals surface area contributed by atoms with E-state index in [1.807, 2.05) is 0 Å². The molecular weight excluding hydrogens is 224 g/mol. The molecule has 0 aromatic carbocycles. The molecule has 0 bridgehead atoms. The summed E-state index contributed by atoms with van der Waals surface area (Å²) in [5.41, 5.74) is 0.187. The molecule has 1 atom stereocenters.